The highest BCUT2D eigenvalue weighted by Crippen LogP contribution is 2.41. The normalized spacial score (nSPS) is 15.3. The van der Waals surface area contributed by atoms with E-state index in [0.29, 0.717) is 29.6 Å². The Morgan fingerprint density at radius 1 is 1.17 bits per heavy atom. The van der Waals surface area contributed by atoms with E-state index in [0.717, 1.165) is 31.2 Å². The van der Waals surface area contributed by atoms with E-state index >= 15 is 0 Å². The number of benzene rings is 1. The standard InChI is InChI=1S/C22H24ClN5O2/c1-27-19(18-6-2-5-13-24-18)26-28(21(27)30)15-14-25-20(29)22(11-3-4-12-22)16-7-9-17(23)10-8-16/h2,5-10,13H,3-4,11-12,14-15H2,1H3,(H,25,29). The molecule has 8 heteroatoms. The fraction of sp³-hybridized carbons (Fsp3) is 0.364. The highest BCUT2D eigenvalue weighted by molar-refractivity contribution is 6.30. The van der Waals surface area contributed by atoms with Crippen molar-refractivity contribution in [3.05, 3.63) is 69.7 Å². The Morgan fingerprint density at radius 2 is 1.90 bits per heavy atom. The molecule has 1 aliphatic rings. The molecule has 0 spiro atoms. The number of hydrogen-bond acceptors (Lipinski definition) is 4. The third-order valence-corrected chi connectivity index (χ3v) is 6.08. The number of carbonyl (C=O) groups is 1. The molecule has 1 N–H and O–H groups in total. The lowest BCUT2D eigenvalue weighted by atomic mass is 9.78. The first-order valence-corrected chi connectivity index (χ1v) is 10.5. The zero-order valence-electron chi connectivity index (χ0n) is 16.8. The van der Waals surface area contributed by atoms with E-state index in [1.807, 2.05) is 42.5 Å². The first-order chi connectivity index (χ1) is 14.5. The minimum Gasteiger partial charge on any atom is -0.353 e. The lowest BCUT2D eigenvalue weighted by Gasteiger charge is -2.28. The number of rotatable bonds is 6. The van der Waals surface area contributed by atoms with Crippen molar-refractivity contribution in [1.82, 2.24) is 24.6 Å². The molecule has 2 aromatic heterocycles. The van der Waals surface area contributed by atoms with Crippen molar-refractivity contribution < 1.29 is 4.79 Å². The molecule has 1 aliphatic carbocycles. The van der Waals surface area contributed by atoms with Crippen molar-refractivity contribution in [2.24, 2.45) is 7.05 Å². The SMILES string of the molecule is Cn1c(-c2ccccn2)nn(CCNC(=O)C2(c3ccc(Cl)cc3)CCCC2)c1=O. The number of halogens is 1. The highest BCUT2D eigenvalue weighted by atomic mass is 35.5. The molecule has 0 atom stereocenters. The Labute approximate surface area is 179 Å². The van der Waals surface area contributed by atoms with Gasteiger partial charge in [-0.25, -0.2) is 9.48 Å². The van der Waals surface area contributed by atoms with Crippen LogP contribution in [0.2, 0.25) is 5.02 Å². The van der Waals surface area contributed by atoms with Gasteiger partial charge >= 0.3 is 5.69 Å². The average Bonchev–Trinajstić information content (AvgIpc) is 3.37. The van der Waals surface area contributed by atoms with E-state index in [9.17, 15) is 9.59 Å². The number of amides is 1. The van der Waals surface area contributed by atoms with E-state index in [1.54, 1.807) is 13.2 Å². The van der Waals surface area contributed by atoms with Crippen molar-refractivity contribution in [3.8, 4) is 11.5 Å². The molecule has 1 saturated carbocycles. The minimum atomic E-state index is -0.529. The van der Waals surface area contributed by atoms with Gasteiger partial charge in [-0.15, -0.1) is 5.10 Å². The van der Waals surface area contributed by atoms with Gasteiger partial charge in [0, 0.05) is 24.8 Å². The smallest absolute Gasteiger partial charge is 0.346 e. The van der Waals surface area contributed by atoms with Crippen LogP contribution in [0.5, 0.6) is 0 Å². The first kappa shape index (κ1) is 20.3. The molecule has 0 aliphatic heterocycles. The van der Waals surface area contributed by atoms with Crippen LogP contribution in [0.25, 0.3) is 11.5 Å². The molecule has 1 amide bonds. The van der Waals surface area contributed by atoms with E-state index in [4.69, 9.17) is 11.6 Å². The highest BCUT2D eigenvalue weighted by Gasteiger charge is 2.42. The van der Waals surface area contributed by atoms with Crippen LogP contribution in [0.3, 0.4) is 0 Å². The summed E-state index contributed by atoms with van der Waals surface area (Å²) in [4.78, 5) is 29.9. The van der Waals surface area contributed by atoms with Crippen LogP contribution in [-0.4, -0.2) is 31.8 Å². The minimum absolute atomic E-state index is 0.00347. The summed E-state index contributed by atoms with van der Waals surface area (Å²) in [5.41, 5.74) is 0.860. The number of aromatic nitrogens is 4. The molecule has 3 aromatic rings. The summed E-state index contributed by atoms with van der Waals surface area (Å²) in [6.07, 6.45) is 5.32. The second kappa shape index (κ2) is 8.44. The average molecular weight is 426 g/mol. The van der Waals surface area contributed by atoms with E-state index in [-0.39, 0.29) is 11.6 Å². The van der Waals surface area contributed by atoms with Crippen LogP contribution in [0.4, 0.5) is 0 Å². The molecule has 30 heavy (non-hydrogen) atoms. The van der Waals surface area contributed by atoms with Crippen molar-refractivity contribution in [2.75, 3.05) is 6.54 Å². The summed E-state index contributed by atoms with van der Waals surface area (Å²) in [5, 5.41) is 8.08. The van der Waals surface area contributed by atoms with Gasteiger partial charge in [0.1, 0.15) is 5.69 Å². The zero-order valence-corrected chi connectivity index (χ0v) is 17.6. The van der Waals surface area contributed by atoms with Crippen molar-refractivity contribution in [1.29, 1.82) is 0 Å². The number of carbonyl (C=O) groups excluding carboxylic acids is 1. The van der Waals surface area contributed by atoms with Crippen LogP contribution in [0.15, 0.2) is 53.5 Å². The monoisotopic (exact) mass is 425 g/mol. The lowest BCUT2D eigenvalue weighted by molar-refractivity contribution is -0.126. The molecule has 4 rings (SSSR count). The van der Waals surface area contributed by atoms with Gasteiger partial charge in [-0.3, -0.25) is 14.3 Å². The van der Waals surface area contributed by atoms with Gasteiger partial charge in [-0.1, -0.05) is 42.6 Å². The third kappa shape index (κ3) is 3.77. The quantitative estimate of drug-likeness (QED) is 0.658. The predicted octanol–water partition coefficient (Wildman–Crippen LogP) is 2.93. The lowest BCUT2D eigenvalue weighted by Crippen LogP contribution is -2.44. The molecule has 2 heterocycles. The Balaban J connectivity index is 1.47. The summed E-state index contributed by atoms with van der Waals surface area (Å²) in [7, 11) is 1.67. The number of hydrogen-bond donors (Lipinski definition) is 1. The topological polar surface area (TPSA) is 81.8 Å². The van der Waals surface area contributed by atoms with Crippen molar-refractivity contribution in [3.63, 3.8) is 0 Å². The Morgan fingerprint density at radius 3 is 2.57 bits per heavy atom. The molecule has 0 radical (unpaired) electrons. The Bertz CT molecular complexity index is 1080. The summed E-state index contributed by atoms with van der Waals surface area (Å²) in [5.74, 6) is 0.497. The largest absolute Gasteiger partial charge is 0.353 e. The van der Waals surface area contributed by atoms with Crippen molar-refractivity contribution >= 4 is 17.5 Å². The molecule has 1 aromatic carbocycles. The van der Waals surface area contributed by atoms with Gasteiger partial charge in [0.2, 0.25) is 5.91 Å². The predicted molar refractivity (Wildman–Crippen MR) is 115 cm³/mol. The van der Waals surface area contributed by atoms with Gasteiger partial charge in [0.25, 0.3) is 0 Å². The van der Waals surface area contributed by atoms with Crippen LogP contribution in [0, 0.1) is 0 Å². The fourth-order valence-corrected chi connectivity index (χ4v) is 4.32. The zero-order chi connectivity index (χ0) is 21.1. The second-order valence-electron chi connectivity index (χ2n) is 7.66. The molecule has 0 unspecified atom stereocenters. The molecular weight excluding hydrogens is 402 g/mol. The van der Waals surface area contributed by atoms with Crippen molar-refractivity contribution in [2.45, 2.75) is 37.6 Å². The summed E-state index contributed by atoms with van der Waals surface area (Å²) in [6, 6.07) is 13.0. The van der Waals surface area contributed by atoms with Gasteiger partial charge in [-0.2, -0.15) is 0 Å². The summed E-state index contributed by atoms with van der Waals surface area (Å²) >= 11 is 6.02. The molecular formula is C22H24ClN5O2. The van der Waals surface area contributed by atoms with Gasteiger partial charge in [0.15, 0.2) is 5.82 Å². The van der Waals surface area contributed by atoms with E-state index in [2.05, 4.69) is 15.4 Å². The van der Waals surface area contributed by atoms with Crippen LogP contribution in [-0.2, 0) is 23.8 Å². The maximum Gasteiger partial charge on any atom is 0.346 e. The van der Waals surface area contributed by atoms with Gasteiger partial charge in [0.05, 0.1) is 12.0 Å². The summed E-state index contributed by atoms with van der Waals surface area (Å²) < 4.78 is 2.84. The van der Waals surface area contributed by atoms with Crippen LogP contribution in [0.1, 0.15) is 31.2 Å². The molecule has 0 bridgehead atoms. The Kier molecular flexibility index (Phi) is 5.72. The van der Waals surface area contributed by atoms with Gasteiger partial charge < -0.3 is 5.32 Å². The molecule has 1 fully saturated rings. The number of pyridine rings is 1. The number of nitrogens with one attached hydrogen (secondary N) is 1. The number of nitrogens with zero attached hydrogens (tertiary/aromatic N) is 4. The maximum atomic E-state index is 13.2. The fourth-order valence-electron chi connectivity index (χ4n) is 4.19. The molecule has 0 saturated heterocycles. The molecule has 156 valence electrons. The first-order valence-electron chi connectivity index (χ1n) is 10.1. The van der Waals surface area contributed by atoms with Crippen LogP contribution >= 0.6 is 11.6 Å². The van der Waals surface area contributed by atoms with Gasteiger partial charge in [-0.05, 0) is 42.7 Å². The second-order valence-corrected chi connectivity index (χ2v) is 8.09. The summed E-state index contributed by atoms with van der Waals surface area (Å²) in [6.45, 7) is 0.620. The van der Waals surface area contributed by atoms with Crippen LogP contribution < -0.4 is 11.0 Å². The van der Waals surface area contributed by atoms with E-state index in [1.165, 1.54) is 9.25 Å². The third-order valence-electron chi connectivity index (χ3n) is 5.83. The maximum absolute atomic E-state index is 13.2. The van der Waals surface area contributed by atoms with E-state index < -0.39 is 5.41 Å². The molecule has 7 nitrogen and oxygen atoms in total. The Hall–Kier alpha value is -2.93.